The first-order valence-corrected chi connectivity index (χ1v) is 13.6. The maximum Gasteiger partial charge on any atom is 0.210 e. The lowest BCUT2D eigenvalue weighted by molar-refractivity contribution is 0.0959. The minimum absolute atomic E-state index is 0.0321. The summed E-state index contributed by atoms with van der Waals surface area (Å²) in [4.78, 5) is 19.1. The third-order valence-corrected chi connectivity index (χ3v) is 9.65. The van der Waals surface area contributed by atoms with Crippen LogP contribution in [-0.2, 0) is 4.93 Å². The summed E-state index contributed by atoms with van der Waals surface area (Å²) in [7, 11) is 0. The third-order valence-electron chi connectivity index (χ3n) is 6.98. The Morgan fingerprint density at radius 3 is 2.11 bits per heavy atom. The molecule has 0 amide bonds. The molecule has 3 heterocycles. The molecular formula is C30H22N2O2S2. The fourth-order valence-electron chi connectivity index (χ4n) is 5.36. The lowest BCUT2D eigenvalue weighted by atomic mass is 9.94. The fraction of sp³-hybridized carbons (Fsp3) is 0.100. The molecule has 0 aromatic heterocycles. The predicted octanol–water partition coefficient (Wildman–Crippen LogP) is 6.49. The molecule has 4 nitrogen and oxygen atoms in total. The molecule has 0 bridgehead atoms. The number of thioether (sulfide) groups is 2. The van der Waals surface area contributed by atoms with Crippen LogP contribution in [0.4, 0.5) is 11.4 Å². The van der Waals surface area contributed by atoms with Gasteiger partial charge in [-0.15, -0.1) is 0 Å². The SMILES string of the molecule is O=C(C1=CN2c3ccccc3S[C@](O)(c3ccccc3)[C@H]2[C@H]2Sc3ccccc3N12)c1ccccc1. The number of rotatable bonds is 3. The number of allylic oxidation sites excluding steroid dienone is 1. The second-order valence-electron chi connectivity index (χ2n) is 9.04. The molecule has 0 radical (unpaired) electrons. The van der Waals surface area contributed by atoms with Gasteiger partial charge in [-0.25, -0.2) is 0 Å². The van der Waals surface area contributed by atoms with Gasteiger partial charge >= 0.3 is 0 Å². The summed E-state index contributed by atoms with van der Waals surface area (Å²) in [5.74, 6) is -0.0321. The molecule has 0 fully saturated rings. The monoisotopic (exact) mass is 506 g/mol. The average molecular weight is 507 g/mol. The summed E-state index contributed by atoms with van der Waals surface area (Å²) in [5, 5.41) is 12.3. The molecule has 3 atom stereocenters. The van der Waals surface area contributed by atoms with Crippen LogP contribution in [0.3, 0.4) is 0 Å². The molecule has 0 spiro atoms. The largest absolute Gasteiger partial charge is 0.373 e. The van der Waals surface area contributed by atoms with Crippen LogP contribution in [0.25, 0.3) is 0 Å². The van der Waals surface area contributed by atoms with Gasteiger partial charge in [0.2, 0.25) is 5.78 Å². The second kappa shape index (κ2) is 8.30. The Balaban J connectivity index is 1.48. The number of hydrogen-bond acceptors (Lipinski definition) is 6. The highest BCUT2D eigenvalue weighted by Gasteiger charge is 2.57. The smallest absolute Gasteiger partial charge is 0.210 e. The molecule has 4 aromatic carbocycles. The molecule has 7 rings (SSSR count). The molecular weight excluding hydrogens is 484 g/mol. The minimum Gasteiger partial charge on any atom is -0.373 e. The van der Waals surface area contributed by atoms with Crippen molar-refractivity contribution < 1.29 is 9.90 Å². The van der Waals surface area contributed by atoms with Crippen LogP contribution in [0.15, 0.2) is 131 Å². The van der Waals surface area contributed by atoms with Crippen molar-refractivity contribution in [2.45, 2.75) is 26.1 Å². The number of hydrogen-bond donors (Lipinski definition) is 1. The Labute approximate surface area is 218 Å². The fourth-order valence-corrected chi connectivity index (χ4v) is 8.32. The van der Waals surface area contributed by atoms with Gasteiger partial charge in [-0.2, -0.15) is 0 Å². The first-order chi connectivity index (χ1) is 17.6. The highest BCUT2D eigenvalue weighted by molar-refractivity contribution is 8.01. The quantitative estimate of drug-likeness (QED) is 0.321. The number of para-hydroxylation sites is 2. The van der Waals surface area contributed by atoms with Crippen molar-refractivity contribution >= 4 is 40.7 Å². The molecule has 0 unspecified atom stereocenters. The summed E-state index contributed by atoms with van der Waals surface area (Å²) in [6.07, 6.45) is 1.95. The Hall–Kier alpha value is -3.45. The average Bonchev–Trinajstić information content (AvgIpc) is 3.32. The van der Waals surface area contributed by atoms with Crippen LogP contribution in [0.5, 0.6) is 0 Å². The van der Waals surface area contributed by atoms with Gasteiger partial charge in [0.1, 0.15) is 17.1 Å². The van der Waals surface area contributed by atoms with Crippen molar-refractivity contribution in [3.05, 3.63) is 132 Å². The topological polar surface area (TPSA) is 43.8 Å². The van der Waals surface area contributed by atoms with E-state index >= 15 is 0 Å². The lowest BCUT2D eigenvalue weighted by Crippen LogP contribution is -2.62. The van der Waals surface area contributed by atoms with Crippen molar-refractivity contribution in [3.63, 3.8) is 0 Å². The zero-order valence-electron chi connectivity index (χ0n) is 19.2. The van der Waals surface area contributed by atoms with E-state index in [4.69, 9.17) is 0 Å². The molecule has 4 aromatic rings. The number of anilines is 2. The predicted molar refractivity (Wildman–Crippen MR) is 146 cm³/mol. The van der Waals surface area contributed by atoms with Crippen molar-refractivity contribution in [1.29, 1.82) is 0 Å². The Bertz CT molecular complexity index is 1510. The van der Waals surface area contributed by atoms with Crippen LogP contribution >= 0.6 is 23.5 Å². The van der Waals surface area contributed by atoms with Crippen molar-refractivity contribution in [2.24, 2.45) is 0 Å². The summed E-state index contributed by atoms with van der Waals surface area (Å²) < 4.78 is 0. The molecule has 1 N–H and O–H groups in total. The standard InChI is InChI=1S/C30H22N2O2S2/c33-27(20-11-3-1-4-12-20)24-19-31-22-15-7-10-18-26(22)36-30(34,21-13-5-2-6-14-21)28(31)29-32(24)23-16-8-9-17-25(23)35-29/h1-19,28-29,34H/t28-,29-,30-/m1/s1. The van der Waals surface area contributed by atoms with E-state index in [0.29, 0.717) is 11.3 Å². The number of fused-ring (bicyclic) bond motifs is 7. The number of carbonyl (C=O) groups excluding carboxylic acids is 1. The molecule has 3 aliphatic heterocycles. The van der Waals surface area contributed by atoms with Crippen LogP contribution in [0, 0.1) is 0 Å². The van der Waals surface area contributed by atoms with Gasteiger partial charge in [0.25, 0.3) is 0 Å². The maximum absolute atomic E-state index is 14.0. The molecule has 6 heteroatoms. The molecule has 0 saturated carbocycles. The Morgan fingerprint density at radius 1 is 0.750 bits per heavy atom. The van der Waals surface area contributed by atoms with Gasteiger partial charge in [-0.3, -0.25) is 4.79 Å². The zero-order valence-corrected chi connectivity index (χ0v) is 20.8. The van der Waals surface area contributed by atoms with E-state index in [-0.39, 0.29) is 17.2 Å². The molecule has 176 valence electrons. The first-order valence-electron chi connectivity index (χ1n) is 11.9. The first kappa shape index (κ1) is 21.8. The van der Waals surface area contributed by atoms with Crippen LogP contribution in [0.1, 0.15) is 15.9 Å². The number of nitrogens with zero attached hydrogens (tertiary/aromatic N) is 2. The number of ketones is 1. The number of benzene rings is 4. The Morgan fingerprint density at radius 2 is 1.36 bits per heavy atom. The van der Waals surface area contributed by atoms with Gasteiger partial charge in [0.05, 0.1) is 11.4 Å². The van der Waals surface area contributed by atoms with Crippen molar-refractivity contribution in [3.8, 4) is 0 Å². The lowest BCUT2D eigenvalue weighted by Gasteiger charge is -2.53. The number of carbonyl (C=O) groups is 1. The van der Waals surface area contributed by atoms with E-state index < -0.39 is 4.93 Å². The summed E-state index contributed by atoms with van der Waals surface area (Å²) >= 11 is 3.20. The molecule has 3 aliphatic rings. The van der Waals surface area contributed by atoms with E-state index in [9.17, 15) is 9.90 Å². The van der Waals surface area contributed by atoms with E-state index in [0.717, 1.165) is 26.7 Å². The second-order valence-corrected chi connectivity index (χ2v) is 11.5. The molecule has 36 heavy (non-hydrogen) atoms. The van der Waals surface area contributed by atoms with Gasteiger partial charge in [0.15, 0.2) is 4.93 Å². The summed E-state index contributed by atoms with van der Waals surface area (Å²) in [6.45, 7) is 0. The molecule has 0 saturated heterocycles. The van der Waals surface area contributed by atoms with E-state index in [2.05, 4.69) is 28.0 Å². The maximum atomic E-state index is 14.0. The zero-order chi connectivity index (χ0) is 24.3. The third kappa shape index (κ3) is 3.18. The van der Waals surface area contributed by atoms with E-state index in [1.807, 2.05) is 97.2 Å². The van der Waals surface area contributed by atoms with Gasteiger partial charge in [0, 0.05) is 21.6 Å². The highest BCUT2D eigenvalue weighted by Crippen LogP contribution is 2.60. The van der Waals surface area contributed by atoms with E-state index in [1.54, 1.807) is 11.8 Å². The molecule has 0 aliphatic carbocycles. The van der Waals surface area contributed by atoms with Gasteiger partial charge < -0.3 is 14.9 Å². The Kier molecular flexibility index (Phi) is 5.03. The normalized spacial score (nSPS) is 23.8. The van der Waals surface area contributed by atoms with Crippen LogP contribution in [0.2, 0.25) is 0 Å². The van der Waals surface area contributed by atoms with Crippen molar-refractivity contribution in [2.75, 3.05) is 9.80 Å². The van der Waals surface area contributed by atoms with Gasteiger partial charge in [-0.1, -0.05) is 108 Å². The summed E-state index contributed by atoms with van der Waals surface area (Å²) in [5.41, 5.74) is 4.11. The number of Topliss-reactive ketones (excluding diaryl/α,β-unsaturated/α-hetero) is 1. The highest BCUT2D eigenvalue weighted by atomic mass is 32.2. The van der Waals surface area contributed by atoms with E-state index in [1.165, 1.54) is 11.8 Å². The van der Waals surface area contributed by atoms with Crippen LogP contribution in [-0.4, -0.2) is 22.3 Å². The van der Waals surface area contributed by atoms with Gasteiger partial charge in [-0.05, 0) is 29.8 Å². The van der Waals surface area contributed by atoms with Crippen molar-refractivity contribution in [1.82, 2.24) is 0 Å². The summed E-state index contributed by atoms with van der Waals surface area (Å²) in [6, 6.07) is 35.3. The van der Waals surface area contributed by atoms with Crippen LogP contribution < -0.4 is 9.80 Å². The number of aliphatic hydroxyl groups is 1. The minimum atomic E-state index is -1.23.